The van der Waals surface area contributed by atoms with Crippen LogP contribution in [-0.4, -0.2) is 22.7 Å². The van der Waals surface area contributed by atoms with Gasteiger partial charge in [-0.25, -0.2) is 8.78 Å². The van der Waals surface area contributed by atoms with Crippen molar-refractivity contribution < 1.29 is 13.9 Å². The van der Waals surface area contributed by atoms with Gasteiger partial charge in [0.15, 0.2) is 0 Å². The number of aliphatic hydroxyl groups is 1. The van der Waals surface area contributed by atoms with Gasteiger partial charge >= 0.3 is 0 Å². The second-order valence-electron chi connectivity index (χ2n) is 5.77. The summed E-state index contributed by atoms with van der Waals surface area (Å²) in [7, 11) is 0. The number of β-amino-alcohol motifs (C(OH)–C–C–N with tert-alkyl or cyclic N) is 1. The molecule has 23 heavy (non-hydrogen) atoms. The topological polar surface area (TPSA) is 47.3 Å². The second-order valence-corrected chi connectivity index (χ2v) is 5.77. The number of hydrogen-bond donors (Lipinski definition) is 1. The highest BCUT2D eigenvalue weighted by Crippen LogP contribution is 2.35. The van der Waals surface area contributed by atoms with Crippen LogP contribution in [0.4, 0.5) is 8.78 Å². The Morgan fingerprint density at radius 3 is 2.78 bits per heavy atom. The molecule has 1 aliphatic heterocycles. The lowest BCUT2D eigenvalue weighted by Crippen LogP contribution is -2.25. The second kappa shape index (κ2) is 6.45. The van der Waals surface area contributed by atoms with Gasteiger partial charge in [-0.1, -0.05) is 18.2 Å². The van der Waals surface area contributed by atoms with E-state index in [1.807, 2.05) is 17.0 Å². The molecule has 0 saturated carbocycles. The van der Waals surface area contributed by atoms with E-state index in [1.165, 1.54) is 6.07 Å². The van der Waals surface area contributed by atoms with Crippen LogP contribution in [0.25, 0.3) is 0 Å². The molecule has 0 radical (unpaired) electrons. The normalized spacial score (nSPS) is 21.3. The monoisotopic (exact) mass is 314 g/mol. The fourth-order valence-electron chi connectivity index (χ4n) is 3.13. The molecular weight excluding hydrogens is 298 g/mol. The standard InChI is InChI=1S/C18H16F2N2O/c19-14-5-6-17(20)16(7-14)18-8-15(23)11-22(18)10-13-4-2-1-3-12(13)9-21/h1-7,15,18,23H,8,10-11H2/t15-,18-/m1/s1. The number of benzene rings is 2. The fourth-order valence-corrected chi connectivity index (χ4v) is 3.13. The quantitative estimate of drug-likeness (QED) is 0.947. The molecule has 3 rings (SSSR count). The molecule has 0 aromatic heterocycles. The summed E-state index contributed by atoms with van der Waals surface area (Å²) in [5, 5.41) is 19.2. The van der Waals surface area contributed by atoms with Gasteiger partial charge in [0.2, 0.25) is 0 Å². The Labute approximate surface area is 133 Å². The first-order valence-corrected chi connectivity index (χ1v) is 7.43. The van der Waals surface area contributed by atoms with Gasteiger partial charge in [-0.2, -0.15) is 5.26 Å². The molecule has 0 amide bonds. The number of hydrogen-bond acceptors (Lipinski definition) is 3. The fraction of sp³-hybridized carbons (Fsp3) is 0.278. The van der Waals surface area contributed by atoms with Crippen LogP contribution in [-0.2, 0) is 6.54 Å². The lowest BCUT2D eigenvalue weighted by Gasteiger charge is -2.25. The zero-order valence-corrected chi connectivity index (χ0v) is 12.4. The highest BCUT2D eigenvalue weighted by molar-refractivity contribution is 5.37. The molecule has 2 atom stereocenters. The summed E-state index contributed by atoms with van der Waals surface area (Å²) in [6.45, 7) is 0.766. The zero-order chi connectivity index (χ0) is 16.4. The van der Waals surface area contributed by atoms with Gasteiger partial charge in [0.05, 0.1) is 17.7 Å². The molecule has 0 bridgehead atoms. The van der Waals surface area contributed by atoms with Gasteiger partial charge in [-0.05, 0) is 36.2 Å². The first-order chi connectivity index (χ1) is 11.1. The van der Waals surface area contributed by atoms with Crippen molar-refractivity contribution in [2.24, 2.45) is 0 Å². The summed E-state index contributed by atoms with van der Waals surface area (Å²) >= 11 is 0. The van der Waals surface area contributed by atoms with Crippen LogP contribution in [0.5, 0.6) is 0 Å². The van der Waals surface area contributed by atoms with Crippen LogP contribution in [0.1, 0.15) is 29.2 Å². The van der Waals surface area contributed by atoms with E-state index in [2.05, 4.69) is 6.07 Å². The molecule has 1 fully saturated rings. The van der Waals surface area contributed by atoms with E-state index in [4.69, 9.17) is 0 Å². The van der Waals surface area contributed by atoms with Crippen molar-refractivity contribution in [1.82, 2.24) is 4.90 Å². The molecule has 1 heterocycles. The summed E-state index contributed by atoms with van der Waals surface area (Å²) in [5.41, 5.74) is 1.61. The number of nitriles is 1. The molecule has 3 nitrogen and oxygen atoms in total. The summed E-state index contributed by atoms with van der Waals surface area (Å²) in [5.74, 6) is -0.982. The van der Waals surface area contributed by atoms with Gasteiger partial charge in [0.25, 0.3) is 0 Å². The van der Waals surface area contributed by atoms with Gasteiger partial charge < -0.3 is 5.11 Å². The van der Waals surface area contributed by atoms with Crippen molar-refractivity contribution in [3.8, 4) is 6.07 Å². The molecule has 5 heteroatoms. The third-order valence-electron chi connectivity index (χ3n) is 4.21. The highest BCUT2D eigenvalue weighted by atomic mass is 19.1. The van der Waals surface area contributed by atoms with Crippen molar-refractivity contribution in [1.29, 1.82) is 5.26 Å². The van der Waals surface area contributed by atoms with E-state index >= 15 is 0 Å². The average molecular weight is 314 g/mol. The maximum Gasteiger partial charge on any atom is 0.128 e. The molecule has 1 N–H and O–H groups in total. The van der Waals surface area contributed by atoms with Gasteiger partial charge in [-0.3, -0.25) is 4.90 Å². The van der Waals surface area contributed by atoms with Crippen molar-refractivity contribution >= 4 is 0 Å². The lowest BCUT2D eigenvalue weighted by molar-refractivity contribution is 0.172. The minimum absolute atomic E-state index is 0.246. The Balaban J connectivity index is 1.91. The Morgan fingerprint density at radius 1 is 1.22 bits per heavy atom. The van der Waals surface area contributed by atoms with Crippen LogP contribution >= 0.6 is 0 Å². The van der Waals surface area contributed by atoms with Crippen LogP contribution in [0.15, 0.2) is 42.5 Å². The van der Waals surface area contributed by atoms with E-state index in [-0.39, 0.29) is 5.56 Å². The SMILES string of the molecule is N#Cc1ccccc1CN1C[C@H](O)C[C@@H]1c1cc(F)ccc1F. The van der Waals surface area contributed by atoms with Crippen molar-refractivity contribution in [2.45, 2.75) is 25.1 Å². The molecule has 0 unspecified atom stereocenters. The Kier molecular flexibility index (Phi) is 4.37. The Bertz CT molecular complexity index is 757. The van der Waals surface area contributed by atoms with Gasteiger partial charge in [-0.15, -0.1) is 0 Å². The van der Waals surface area contributed by atoms with E-state index < -0.39 is 23.8 Å². The third kappa shape index (κ3) is 3.24. The molecule has 0 spiro atoms. The number of nitrogens with zero attached hydrogens (tertiary/aromatic N) is 2. The predicted octanol–water partition coefficient (Wildman–Crippen LogP) is 3.14. The number of aliphatic hydroxyl groups excluding tert-OH is 1. The molecule has 2 aromatic carbocycles. The summed E-state index contributed by atoms with van der Waals surface area (Å²) < 4.78 is 27.6. The Hall–Kier alpha value is -2.29. The van der Waals surface area contributed by atoms with Crippen LogP contribution in [0.2, 0.25) is 0 Å². The zero-order valence-electron chi connectivity index (χ0n) is 12.4. The number of rotatable bonds is 3. The maximum atomic E-state index is 14.1. The maximum absolute atomic E-state index is 14.1. The third-order valence-corrected chi connectivity index (χ3v) is 4.21. The minimum atomic E-state index is -0.600. The number of likely N-dealkylation sites (tertiary alicyclic amines) is 1. The average Bonchev–Trinajstić information content (AvgIpc) is 2.90. The van der Waals surface area contributed by atoms with Crippen molar-refractivity contribution in [3.05, 3.63) is 70.8 Å². The summed E-state index contributed by atoms with van der Waals surface area (Å²) in [6.07, 6.45) is -0.258. The van der Waals surface area contributed by atoms with Gasteiger partial charge in [0, 0.05) is 24.7 Å². The summed E-state index contributed by atoms with van der Waals surface area (Å²) in [4.78, 5) is 1.89. The van der Waals surface area contributed by atoms with E-state index in [0.717, 1.165) is 17.7 Å². The highest BCUT2D eigenvalue weighted by Gasteiger charge is 2.34. The minimum Gasteiger partial charge on any atom is -0.392 e. The first kappa shape index (κ1) is 15.6. The summed E-state index contributed by atoms with van der Waals surface area (Å²) in [6, 6.07) is 12.3. The first-order valence-electron chi connectivity index (χ1n) is 7.43. The van der Waals surface area contributed by atoms with Crippen molar-refractivity contribution in [3.63, 3.8) is 0 Å². The molecule has 2 aromatic rings. The van der Waals surface area contributed by atoms with E-state index in [1.54, 1.807) is 12.1 Å². The van der Waals surface area contributed by atoms with Crippen molar-refractivity contribution in [2.75, 3.05) is 6.54 Å². The smallest absolute Gasteiger partial charge is 0.128 e. The molecular formula is C18H16F2N2O. The largest absolute Gasteiger partial charge is 0.392 e. The van der Waals surface area contributed by atoms with Gasteiger partial charge in [0.1, 0.15) is 11.6 Å². The molecule has 118 valence electrons. The predicted molar refractivity (Wildman–Crippen MR) is 81.3 cm³/mol. The van der Waals surface area contributed by atoms with E-state index in [9.17, 15) is 19.1 Å². The molecule has 1 aliphatic rings. The Morgan fingerprint density at radius 2 is 2.00 bits per heavy atom. The molecule has 1 saturated heterocycles. The van der Waals surface area contributed by atoms with Crippen LogP contribution in [0.3, 0.4) is 0 Å². The number of halogens is 2. The van der Waals surface area contributed by atoms with Crippen LogP contribution < -0.4 is 0 Å². The molecule has 0 aliphatic carbocycles. The lowest BCUT2D eigenvalue weighted by atomic mass is 10.0. The van der Waals surface area contributed by atoms with E-state index in [0.29, 0.717) is 25.1 Å². The van der Waals surface area contributed by atoms with Crippen LogP contribution in [0, 0.1) is 23.0 Å².